The molecule has 0 aliphatic carbocycles. The van der Waals surface area contributed by atoms with Crippen LogP contribution in [0.4, 0.5) is 16.2 Å². The summed E-state index contributed by atoms with van der Waals surface area (Å²) < 4.78 is 1.94. The fourth-order valence-electron chi connectivity index (χ4n) is 2.37. The van der Waals surface area contributed by atoms with Gasteiger partial charge in [-0.1, -0.05) is 12.1 Å². The number of aromatic nitrogens is 4. The zero-order valence-electron chi connectivity index (χ0n) is 13.0. The summed E-state index contributed by atoms with van der Waals surface area (Å²) in [5, 5.41) is 16.4. The lowest BCUT2D eigenvalue weighted by atomic mass is 10.2. The molecule has 0 spiro atoms. The first-order valence-electron chi connectivity index (χ1n) is 7.27. The van der Waals surface area contributed by atoms with Crippen LogP contribution in [-0.4, -0.2) is 26.0 Å². The molecule has 2 aromatic heterocycles. The lowest BCUT2D eigenvalue weighted by Crippen LogP contribution is -2.19. The second kappa shape index (κ2) is 6.35. The van der Waals surface area contributed by atoms with Gasteiger partial charge in [-0.05, 0) is 37.6 Å². The van der Waals surface area contributed by atoms with E-state index in [2.05, 4.69) is 25.9 Å². The number of nitrogens with one attached hydrogen (secondary N) is 3. The molecular formula is C16H18N6O. The van der Waals surface area contributed by atoms with Gasteiger partial charge >= 0.3 is 6.03 Å². The number of amides is 2. The standard InChI is InChI=1S/C16H18N6O/c1-11-6-12(2)22(21-11)10-13-4-3-5-14(7-13)19-16(23)20-15-8-17-18-9-15/h3-9H,10H2,1-2H3,(H,17,18)(H2,19,20,23). The second-order valence-corrected chi connectivity index (χ2v) is 5.35. The third-order valence-corrected chi connectivity index (χ3v) is 3.38. The number of rotatable bonds is 4. The quantitative estimate of drug-likeness (QED) is 0.692. The van der Waals surface area contributed by atoms with Gasteiger partial charge in [-0.25, -0.2) is 4.79 Å². The van der Waals surface area contributed by atoms with Gasteiger partial charge in [0.25, 0.3) is 0 Å². The van der Waals surface area contributed by atoms with Crippen molar-refractivity contribution in [3.8, 4) is 0 Å². The van der Waals surface area contributed by atoms with Gasteiger partial charge in [0.1, 0.15) is 0 Å². The fourth-order valence-corrected chi connectivity index (χ4v) is 2.37. The van der Waals surface area contributed by atoms with Crippen LogP contribution in [0.2, 0.25) is 0 Å². The highest BCUT2D eigenvalue weighted by Gasteiger charge is 2.06. The van der Waals surface area contributed by atoms with E-state index in [0.717, 1.165) is 22.6 Å². The van der Waals surface area contributed by atoms with Gasteiger partial charge < -0.3 is 10.6 Å². The predicted octanol–water partition coefficient (Wildman–Crippen LogP) is 2.92. The van der Waals surface area contributed by atoms with Crippen LogP contribution in [0.5, 0.6) is 0 Å². The predicted molar refractivity (Wildman–Crippen MR) is 88.5 cm³/mol. The molecule has 23 heavy (non-hydrogen) atoms. The summed E-state index contributed by atoms with van der Waals surface area (Å²) >= 11 is 0. The molecule has 0 atom stereocenters. The Balaban J connectivity index is 1.67. The van der Waals surface area contributed by atoms with Crippen LogP contribution in [0.15, 0.2) is 42.7 Å². The Bertz CT molecular complexity index is 806. The summed E-state index contributed by atoms with van der Waals surface area (Å²) in [6.07, 6.45) is 3.15. The van der Waals surface area contributed by atoms with Crippen LogP contribution < -0.4 is 10.6 Å². The van der Waals surface area contributed by atoms with E-state index in [-0.39, 0.29) is 6.03 Å². The lowest BCUT2D eigenvalue weighted by molar-refractivity contribution is 0.262. The third-order valence-electron chi connectivity index (χ3n) is 3.38. The number of benzene rings is 1. The van der Waals surface area contributed by atoms with Crippen molar-refractivity contribution in [3.63, 3.8) is 0 Å². The van der Waals surface area contributed by atoms with Crippen LogP contribution in [0.3, 0.4) is 0 Å². The summed E-state index contributed by atoms with van der Waals surface area (Å²) in [6.45, 7) is 4.67. The van der Waals surface area contributed by atoms with Crippen molar-refractivity contribution in [2.75, 3.05) is 10.6 Å². The molecule has 0 aliphatic heterocycles. The molecule has 0 aliphatic rings. The van der Waals surface area contributed by atoms with Crippen molar-refractivity contribution in [2.45, 2.75) is 20.4 Å². The van der Waals surface area contributed by atoms with Crippen molar-refractivity contribution in [3.05, 3.63) is 59.7 Å². The number of hydrogen-bond donors (Lipinski definition) is 3. The maximum Gasteiger partial charge on any atom is 0.323 e. The molecule has 0 saturated heterocycles. The van der Waals surface area contributed by atoms with Gasteiger partial charge in [0.2, 0.25) is 0 Å². The number of carbonyl (C=O) groups excluding carboxylic acids is 1. The highest BCUT2D eigenvalue weighted by atomic mass is 16.2. The normalized spacial score (nSPS) is 10.5. The van der Waals surface area contributed by atoms with Gasteiger partial charge in [-0.3, -0.25) is 9.78 Å². The molecule has 0 saturated carbocycles. The molecular weight excluding hydrogens is 292 g/mol. The Morgan fingerprint density at radius 2 is 2.04 bits per heavy atom. The molecule has 3 N–H and O–H groups in total. The minimum Gasteiger partial charge on any atom is -0.308 e. The van der Waals surface area contributed by atoms with E-state index >= 15 is 0 Å². The van der Waals surface area contributed by atoms with Gasteiger partial charge in [0, 0.05) is 17.6 Å². The summed E-state index contributed by atoms with van der Waals surface area (Å²) in [4.78, 5) is 11.9. The van der Waals surface area contributed by atoms with E-state index in [9.17, 15) is 4.79 Å². The molecule has 118 valence electrons. The van der Waals surface area contributed by atoms with Crippen molar-refractivity contribution in [1.82, 2.24) is 20.0 Å². The smallest absolute Gasteiger partial charge is 0.308 e. The van der Waals surface area contributed by atoms with Gasteiger partial charge in [-0.2, -0.15) is 10.2 Å². The van der Waals surface area contributed by atoms with E-state index in [1.54, 1.807) is 12.4 Å². The number of anilines is 2. The molecule has 0 fully saturated rings. The van der Waals surface area contributed by atoms with Gasteiger partial charge in [-0.15, -0.1) is 0 Å². The van der Waals surface area contributed by atoms with E-state index in [0.29, 0.717) is 12.2 Å². The molecule has 0 bridgehead atoms. The van der Waals surface area contributed by atoms with Crippen LogP contribution in [0.1, 0.15) is 17.0 Å². The zero-order chi connectivity index (χ0) is 16.2. The molecule has 3 aromatic rings. The Hall–Kier alpha value is -3.09. The second-order valence-electron chi connectivity index (χ2n) is 5.35. The van der Waals surface area contributed by atoms with Crippen LogP contribution in [0.25, 0.3) is 0 Å². The van der Waals surface area contributed by atoms with Crippen molar-refractivity contribution >= 4 is 17.4 Å². The number of H-pyrrole nitrogens is 1. The van der Waals surface area contributed by atoms with E-state index in [1.165, 1.54) is 0 Å². The first-order chi connectivity index (χ1) is 11.1. The molecule has 7 nitrogen and oxygen atoms in total. The first kappa shape index (κ1) is 14.8. The molecule has 1 aromatic carbocycles. The summed E-state index contributed by atoms with van der Waals surface area (Å²) in [6, 6.07) is 9.44. The topological polar surface area (TPSA) is 87.6 Å². The number of aromatic amines is 1. The number of hydrogen-bond acceptors (Lipinski definition) is 3. The Kier molecular flexibility index (Phi) is 4.09. The Labute approximate surface area is 133 Å². The summed E-state index contributed by atoms with van der Waals surface area (Å²) in [5.74, 6) is 0. The SMILES string of the molecule is Cc1cc(C)n(Cc2cccc(NC(=O)Nc3cn[nH]c3)c2)n1. The molecule has 7 heteroatoms. The average molecular weight is 310 g/mol. The van der Waals surface area contributed by atoms with Crippen molar-refractivity contribution < 1.29 is 4.79 Å². The lowest BCUT2D eigenvalue weighted by Gasteiger charge is -2.09. The van der Waals surface area contributed by atoms with Gasteiger partial charge in [0.15, 0.2) is 0 Å². The first-order valence-corrected chi connectivity index (χ1v) is 7.27. The maximum absolute atomic E-state index is 11.9. The fraction of sp³-hybridized carbons (Fsp3) is 0.188. The van der Waals surface area contributed by atoms with Crippen LogP contribution >= 0.6 is 0 Å². The number of urea groups is 1. The van der Waals surface area contributed by atoms with E-state index in [4.69, 9.17) is 0 Å². The summed E-state index contributed by atoms with van der Waals surface area (Å²) in [7, 11) is 0. The number of nitrogens with zero attached hydrogens (tertiary/aromatic N) is 3. The highest BCUT2D eigenvalue weighted by molar-refractivity contribution is 5.99. The largest absolute Gasteiger partial charge is 0.323 e. The molecule has 0 unspecified atom stereocenters. The van der Waals surface area contributed by atoms with E-state index in [1.807, 2.05) is 48.9 Å². The Morgan fingerprint density at radius 1 is 1.22 bits per heavy atom. The summed E-state index contributed by atoms with van der Waals surface area (Å²) in [5.41, 5.74) is 4.51. The molecule has 2 heterocycles. The van der Waals surface area contributed by atoms with Crippen LogP contribution in [-0.2, 0) is 6.54 Å². The average Bonchev–Trinajstić information content (AvgIpc) is 3.09. The van der Waals surface area contributed by atoms with Gasteiger partial charge in [0.05, 0.1) is 24.1 Å². The maximum atomic E-state index is 11.9. The molecule has 0 radical (unpaired) electrons. The Morgan fingerprint density at radius 3 is 2.74 bits per heavy atom. The minimum atomic E-state index is -0.310. The monoisotopic (exact) mass is 310 g/mol. The number of aryl methyl sites for hydroxylation is 2. The zero-order valence-corrected chi connectivity index (χ0v) is 13.0. The van der Waals surface area contributed by atoms with Crippen molar-refractivity contribution in [1.29, 1.82) is 0 Å². The minimum absolute atomic E-state index is 0.310. The number of carbonyl (C=O) groups is 1. The third kappa shape index (κ3) is 3.76. The van der Waals surface area contributed by atoms with E-state index < -0.39 is 0 Å². The van der Waals surface area contributed by atoms with Crippen LogP contribution in [0, 0.1) is 13.8 Å². The highest BCUT2D eigenvalue weighted by Crippen LogP contribution is 2.14. The molecule has 2 amide bonds. The molecule has 3 rings (SSSR count). The van der Waals surface area contributed by atoms with Crippen molar-refractivity contribution in [2.24, 2.45) is 0 Å².